The fourth-order valence-corrected chi connectivity index (χ4v) is 1.83. The largest absolute Gasteiger partial charge is 0.354 e. The lowest BCUT2D eigenvalue weighted by Crippen LogP contribution is -2.08. The fraction of sp³-hybridized carbons (Fsp3) is 0.333. The molecular weight excluding hydrogens is 242 g/mol. The first-order valence-corrected chi connectivity index (χ1v) is 6.25. The quantitative estimate of drug-likeness (QED) is 0.742. The van der Waals surface area contributed by atoms with Gasteiger partial charge in [0.1, 0.15) is 5.52 Å². The molecule has 0 amide bonds. The van der Waals surface area contributed by atoms with Gasteiger partial charge in [0, 0.05) is 12.7 Å². The summed E-state index contributed by atoms with van der Waals surface area (Å²) in [6.45, 7) is 4.86. The van der Waals surface area contributed by atoms with Crippen LogP contribution in [0.2, 0.25) is 0 Å². The second-order valence-corrected chi connectivity index (χ2v) is 4.30. The number of aryl methyl sites for hydroxylation is 1. The molecule has 0 aliphatic heterocycles. The molecule has 0 aliphatic carbocycles. The zero-order chi connectivity index (χ0) is 13.2. The minimum atomic E-state index is 0.574. The minimum Gasteiger partial charge on any atom is -0.354 e. The van der Waals surface area contributed by atoms with Crippen molar-refractivity contribution in [3.05, 3.63) is 24.3 Å². The fourth-order valence-electron chi connectivity index (χ4n) is 1.83. The maximum Gasteiger partial charge on any atom is 0.226 e. The third-order valence-corrected chi connectivity index (χ3v) is 2.74. The van der Waals surface area contributed by atoms with Crippen molar-refractivity contribution < 1.29 is 0 Å². The van der Waals surface area contributed by atoms with Crippen molar-refractivity contribution in [2.45, 2.75) is 20.3 Å². The Labute approximate surface area is 110 Å². The third-order valence-electron chi connectivity index (χ3n) is 2.74. The van der Waals surface area contributed by atoms with Crippen molar-refractivity contribution >= 4 is 17.1 Å². The van der Waals surface area contributed by atoms with E-state index in [-0.39, 0.29) is 0 Å². The lowest BCUT2D eigenvalue weighted by molar-refractivity contribution is 0.832. The normalized spacial score (nSPS) is 11.1. The molecule has 2 N–H and O–H groups in total. The molecule has 0 fully saturated rings. The number of aromatic nitrogens is 6. The molecule has 98 valence electrons. The highest BCUT2D eigenvalue weighted by molar-refractivity contribution is 5.79. The van der Waals surface area contributed by atoms with Crippen LogP contribution in [0.3, 0.4) is 0 Å². The lowest BCUT2D eigenvalue weighted by atomic mass is 10.4. The highest BCUT2D eigenvalue weighted by atomic mass is 15.3. The molecule has 0 spiro atoms. The zero-order valence-electron chi connectivity index (χ0n) is 10.9. The van der Waals surface area contributed by atoms with Gasteiger partial charge in [0.15, 0.2) is 11.5 Å². The standard InChI is InChI=1S/C12H15N7/c1-3-5-13-12-16-10-9(14-7-15-10)11(17-12)19-6-4-8(2)18-19/h4,6-7H,3,5H2,1-2H3,(H2,13,14,15,16,17). The summed E-state index contributed by atoms with van der Waals surface area (Å²) in [7, 11) is 0. The number of aromatic amines is 1. The average Bonchev–Trinajstić information content (AvgIpc) is 3.03. The maximum atomic E-state index is 4.50. The minimum absolute atomic E-state index is 0.574. The zero-order valence-corrected chi connectivity index (χ0v) is 10.9. The number of imidazole rings is 1. The van der Waals surface area contributed by atoms with E-state index in [4.69, 9.17) is 0 Å². The summed E-state index contributed by atoms with van der Waals surface area (Å²) < 4.78 is 1.73. The Morgan fingerprint density at radius 1 is 1.37 bits per heavy atom. The van der Waals surface area contributed by atoms with E-state index >= 15 is 0 Å². The van der Waals surface area contributed by atoms with Crippen LogP contribution in [-0.4, -0.2) is 36.3 Å². The number of rotatable bonds is 4. The second kappa shape index (κ2) is 4.68. The molecule has 0 radical (unpaired) electrons. The SMILES string of the molecule is CCCNc1nc(-n2ccc(C)n2)c2[nH]cnc2n1. The predicted molar refractivity (Wildman–Crippen MR) is 72.3 cm³/mol. The second-order valence-electron chi connectivity index (χ2n) is 4.30. The molecule has 3 aromatic heterocycles. The van der Waals surface area contributed by atoms with E-state index in [0.717, 1.165) is 24.2 Å². The Hall–Kier alpha value is -2.44. The van der Waals surface area contributed by atoms with Gasteiger partial charge in [-0.2, -0.15) is 15.1 Å². The van der Waals surface area contributed by atoms with Gasteiger partial charge in [-0.05, 0) is 19.4 Å². The van der Waals surface area contributed by atoms with Crippen LogP contribution in [0.5, 0.6) is 0 Å². The Bertz CT molecular complexity index is 697. The first kappa shape index (κ1) is 11.6. The van der Waals surface area contributed by atoms with Crippen LogP contribution in [0.1, 0.15) is 19.0 Å². The molecule has 7 heteroatoms. The highest BCUT2D eigenvalue weighted by Gasteiger charge is 2.12. The van der Waals surface area contributed by atoms with Gasteiger partial charge in [-0.3, -0.25) is 0 Å². The van der Waals surface area contributed by atoms with Gasteiger partial charge in [0.2, 0.25) is 5.95 Å². The van der Waals surface area contributed by atoms with E-state index < -0.39 is 0 Å². The number of nitrogens with zero attached hydrogens (tertiary/aromatic N) is 5. The van der Waals surface area contributed by atoms with Gasteiger partial charge in [0.05, 0.1) is 12.0 Å². The van der Waals surface area contributed by atoms with Crippen LogP contribution in [0.15, 0.2) is 18.6 Å². The van der Waals surface area contributed by atoms with Crippen molar-refractivity contribution in [3.8, 4) is 5.82 Å². The number of anilines is 1. The third kappa shape index (κ3) is 2.14. The molecule has 3 aromatic rings. The van der Waals surface area contributed by atoms with Crippen molar-refractivity contribution in [3.63, 3.8) is 0 Å². The van der Waals surface area contributed by atoms with E-state index in [1.54, 1.807) is 11.0 Å². The molecule has 0 aromatic carbocycles. The van der Waals surface area contributed by atoms with Crippen LogP contribution >= 0.6 is 0 Å². The van der Waals surface area contributed by atoms with Gasteiger partial charge in [-0.15, -0.1) is 0 Å². The van der Waals surface area contributed by atoms with Crippen molar-refractivity contribution in [2.24, 2.45) is 0 Å². The van der Waals surface area contributed by atoms with Crippen molar-refractivity contribution in [2.75, 3.05) is 11.9 Å². The smallest absolute Gasteiger partial charge is 0.226 e. The molecule has 0 bridgehead atoms. The lowest BCUT2D eigenvalue weighted by Gasteiger charge is -2.06. The van der Waals surface area contributed by atoms with Crippen LogP contribution in [-0.2, 0) is 0 Å². The van der Waals surface area contributed by atoms with E-state index in [9.17, 15) is 0 Å². The molecule has 3 heterocycles. The molecule has 7 nitrogen and oxygen atoms in total. The summed E-state index contributed by atoms with van der Waals surface area (Å²) in [4.78, 5) is 16.1. The summed E-state index contributed by atoms with van der Waals surface area (Å²) in [5, 5.41) is 7.56. The molecule has 0 saturated heterocycles. The predicted octanol–water partition coefficient (Wildman–Crippen LogP) is 1.67. The average molecular weight is 257 g/mol. The number of hydrogen-bond acceptors (Lipinski definition) is 5. The van der Waals surface area contributed by atoms with E-state index in [1.807, 2.05) is 19.2 Å². The van der Waals surface area contributed by atoms with E-state index in [0.29, 0.717) is 17.4 Å². The molecule has 3 rings (SSSR count). The van der Waals surface area contributed by atoms with Crippen LogP contribution in [0.25, 0.3) is 17.0 Å². The van der Waals surface area contributed by atoms with Crippen molar-refractivity contribution in [1.82, 2.24) is 29.7 Å². The molecule has 0 aliphatic rings. The molecule has 0 unspecified atom stereocenters. The number of nitrogens with one attached hydrogen (secondary N) is 2. The van der Waals surface area contributed by atoms with Gasteiger partial charge in [0.25, 0.3) is 0 Å². The molecule has 0 atom stereocenters. The number of H-pyrrole nitrogens is 1. The van der Waals surface area contributed by atoms with Crippen molar-refractivity contribution in [1.29, 1.82) is 0 Å². The Balaban J connectivity index is 2.12. The summed E-state index contributed by atoms with van der Waals surface area (Å²) in [6, 6.07) is 1.93. The van der Waals surface area contributed by atoms with Gasteiger partial charge >= 0.3 is 0 Å². The first-order chi connectivity index (χ1) is 9.28. The van der Waals surface area contributed by atoms with E-state index in [2.05, 4.69) is 37.3 Å². The summed E-state index contributed by atoms with van der Waals surface area (Å²) in [6.07, 6.45) is 4.50. The van der Waals surface area contributed by atoms with Crippen LogP contribution in [0, 0.1) is 6.92 Å². The number of hydrogen-bond donors (Lipinski definition) is 2. The molecule has 19 heavy (non-hydrogen) atoms. The Morgan fingerprint density at radius 2 is 2.26 bits per heavy atom. The molecule has 0 saturated carbocycles. The molecular formula is C12H15N7. The highest BCUT2D eigenvalue weighted by Crippen LogP contribution is 2.17. The van der Waals surface area contributed by atoms with E-state index in [1.165, 1.54) is 0 Å². The summed E-state index contributed by atoms with van der Waals surface area (Å²) in [5.74, 6) is 1.28. The Morgan fingerprint density at radius 3 is 3.00 bits per heavy atom. The number of fused-ring (bicyclic) bond motifs is 1. The topological polar surface area (TPSA) is 84.3 Å². The summed E-state index contributed by atoms with van der Waals surface area (Å²) in [5.41, 5.74) is 2.36. The first-order valence-electron chi connectivity index (χ1n) is 6.25. The van der Waals surface area contributed by atoms with Crippen LogP contribution < -0.4 is 5.32 Å². The van der Waals surface area contributed by atoms with Gasteiger partial charge in [-0.1, -0.05) is 6.92 Å². The van der Waals surface area contributed by atoms with Gasteiger partial charge < -0.3 is 10.3 Å². The van der Waals surface area contributed by atoms with Gasteiger partial charge in [-0.25, -0.2) is 9.67 Å². The summed E-state index contributed by atoms with van der Waals surface area (Å²) >= 11 is 0. The Kier molecular flexibility index (Phi) is 2.86. The van der Waals surface area contributed by atoms with Crippen LogP contribution in [0.4, 0.5) is 5.95 Å². The maximum absolute atomic E-state index is 4.50. The monoisotopic (exact) mass is 257 g/mol.